The first kappa shape index (κ1) is 10.2. The number of hydrogen-bond acceptors (Lipinski definition) is 2. The van der Waals surface area contributed by atoms with Crippen molar-refractivity contribution < 1.29 is 0 Å². The summed E-state index contributed by atoms with van der Waals surface area (Å²) in [7, 11) is 0. The Morgan fingerprint density at radius 2 is 2.13 bits per heavy atom. The normalized spacial score (nSPS) is 13.6. The van der Waals surface area contributed by atoms with Gasteiger partial charge in [0.05, 0.1) is 5.69 Å². The topological polar surface area (TPSA) is 34.4 Å². The second kappa shape index (κ2) is 3.66. The number of rotatable bonds is 0. The second-order valence-electron chi connectivity index (χ2n) is 3.62. The maximum atomic E-state index is 11.9. The van der Waals surface area contributed by atoms with E-state index < -0.39 is 0 Å². The average Bonchev–Trinajstić information content (AvgIpc) is 2.66. The molecule has 2 heterocycles. The maximum absolute atomic E-state index is 11.9. The van der Waals surface area contributed by atoms with Crippen molar-refractivity contribution in [1.29, 1.82) is 0 Å². The van der Waals surface area contributed by atoms with Crippen molar-refractivity contribution in [3.63, 3.8) is 0 Å². The monoisotopic (exact) mass is 222 g/mol. The van der Waals surface area contributed by atoms with Crippen LogP contribution in [0.2, 0.25) is 0 Å². The van der Waals surface area contributed by atoms with Gasteiger partial charge in [-0.2, -0.15) is 0 Å². The Balaban J connectivity index is 0.000000853. The third kappa shape index (κ3) is 1.43. The minimum absolute atomic E-state index is 0. The Morgan fingerprint density at radius 3 is 3.00 bits per heavy atom. The van der Waals surface area contributed by atoms with Crippen molar-refractivity contribution in [3.8, 4) is 0 Å². The number of hydrogen-bond donors (Lipinski definition) is 0. The zero-order valence-electron chi connectivity index (χ0n) is 8.14. The molecule has 0 saturated carbocycles. The Kier molecular flexibility index (Phi) is 2.49. The summed E-state index contributed by atoms with van der Waals surface area (Å²) in [5.41, 5.74) is 2.79. The van der Waals surface area contributed by atoms with E-state index in [1.807, 2.05) is 18.2 Å². The van der Waals surface area contributed by atoms with Gasteiger partial charge in [0.25, 0.3) is 5.56 Å². The fourth-order valence-electron chi connectivity index (χ4n) is 2.06. The molecule has 78 valence electrons. The third-order valence-corrected chi connectivity index (χ3v) is 2.75. The van der Waals surface area contributed by atoms with E-state index in [0.717, 1.165) is 36.2 Å². The van der Waals surface area contributed by atoms with Crippen LogP contribution in [0.1, 0.15) is 17.7 Å². The lowest BCUT2D eigenvalue weighted by Gasteiger charge is -2.02. The summed E-state index contributed by atoms with van der Waals surface area (Å²) in [5, 5.41) is 0. The van der Waals surface area contributed by atoms with Gasteiger partial charge in [-0.3, -0.25) is 9.20 Å². The molecule has 4 heteroatoms. The SMILES string of the molecule is Cl.O=c1c2c(nc3ccccn13)CCC2. The minimum atomic E-state index is 0. The van der Waals surface area contributed by atoms with Gasteiger partial charge in [0.1, 0.15) is 5.65 Å². The van der Waals surface area contributed by atoms with Crippen LogP contribution in [0.5, 0.6) is 0 Å². The summed E-state index contributed by atoms with van der Waals surface area (Å²) < 4.78 is 1.63. The molecule has 0 aromatic carbocycles. The van der Waals surface area contributed by atoms with E-state index >= 15 is 0 Å². The van der Waals surface area contributed by atoms with Gasteiger partial charge in [-0.25, -0.2) is 4.98 Å². The summed E-state index contributed by atoms with van der Waals surface area (Å²) in [6.45, 7) is 0. The van der Waals surface area contributed by atoms with Crippen LogP contribution in [-0.2, 0) is 12.8 Å². The second-order valence-corrected chi connectivity index (χ2v) is 3.62. The molecule has 3 rings (SSSR count). The fourth-order valence-corrected chi connectivity index (χ4v) is 2.06. The highest BCUT2D eigenvalue weighted by molar-refractivity contribution is 5.85. The molecule has 0 unspecified atom stereocenters. The molecule has 3 nitrogen and oxygen atoms in total. The van der Waals surface area contributed by atoms with Gasteiger partial charge in [-0.05, 0) is 31.4 Å². The molecular weight excluding hydrogens is 212 g/mol. The van der Waals surface area contributed by atoms with Gasteiger partial charge < -0.3 is 0 Å². The molecule has 0 bridgehead atoms. The van der Waals surface area contributed by atoms with Crippen molar-refractivity contribution in [2.75, 3.05) is 0 Å². The molecule has 0 amide bonds. The molecule has 0 fully saturated rings. The summed E-state index contributed by atoms with van der Waals surface area (Å²) in [6.07, 6.45) is 4.69. The standard InChI is InChI=1S/C11H10N2O.ClH/c14-11-8-4-3-5-9(8)12-10-6-1-2-7-13(10)11;/h1-2,6-7H,3-5H2;1H. The maximum Gasteiger partial charge on any atom is 0.261 e. The van der Waals surface area contributed by atoms with Gasteiger partial charge >= 0.3 is 0 Å². The number of halogens is 1. The minimum Gasteiger partial charge on any atom is -0.269 e. The highest BCUT2D eigenvalue weighted by atomic mass is 35.5. The van der Waals surface area contributed by atoms with E-state index in [4.69, 9.17) is 0 Å². The molecule has 0 atom stereocenters. The number of nitrogens with zero attached hydrogens (tertiary/aromatic N) is 2. The first-order valence-corrected chi connectivity index (χ1v) is 4.85. The first-order valence-electron chi connectivity index (χ1n) is 4.85. The van der Waals surface area contributed by atoms with Crippen molar-refractivity contribution in [2.24, 2.45) is 0 Å². The number of aromatic nitrogens is 2. The largest absolute Gasteiger partial charge is 0.269 e. The van der Waals surface area contributed by atoms with Crippen LogP contribution < -0.4 is 5.56 Å². The smallest absolute Gasteiger partial charge is 0.261 e. The Morgan fingerprint density at radius 1 is 1.27 bits per heavy atom. The molecule has 1 aliphatic carbocycles. The first-order chi connectivity index (χ1) is 6.86. The van der Waals surface area contributed by atoms with Gasteiger partial charge in [0.2, 0.25) is 0 Å². The van der Waals surface area contributed by atoms with Crippen LogP contribution in [0, 0.1) is 0 Å². The van der Waals surface area contributed by atoms with Crippen LogP contribution in [0.15, 0.2) is 29.2 Å². The number of pyridine rings is 1. The Labute approximate surface area is 93.2 Å². The molecule has 0 N–H and O–H groups in total. The molecule has 0 saturated heterocycles. The quantitative estimate of drug-likeness (QED) is 0.679. The number of fused-ring (bicyclic) bond motifs is 2. The van der Waals surface area contributed by atoms with Crippen LogP contribution in [-0.4, -0.2) is 9.38 Å². The van der Waals surface area contributed by atoms with Crippen LogP contribution in [0.3, 0.4) is 0 Å². The predicted molar refractivity (Wildman–Crippen MR) is 60.7 cm³/mol. The van der Waals surface area contributed by atoms with Gasteiger partial charge in [0, 0.05) is 11.8 Å². The van der Waals surface area contributed by atoms with E-state index in [-0.39, 0.29) is 18.0 Å². The molecule has 15 heavy (non-hydrogen) atoms. The molecule has 2 aromatic heterocycles. The van der Waals surface area contributed by atoms with E-state index in [1.54, 1.807) is 10.6 Å². The molecule has 0 spiro atoms. The van der Waals surface area contributed by atoms with Gasteiger partial charge in [-0.15, -0.1) is 12.4 Å². The van der Waals surface area contributed by atoms with Gasteiger partial charge in [-0.1, -0.05) is 6.07 Å². The van der Waals surface area contributed by atoms with Crippen molar-refractivity contribution in [2.45, 2.75) is 19.3 Å². The molecule has 0 radical (unpaired) electrons. The zero-order chi connectivity index (χ0) is 9.54. The van der Waals surface area contributed by atoms with Crippen LogP contribution in [0.4, 0.5) is 0 Å². The van der Waals surface area contributed by atoms with E-state index in [2.05, 4.69) is 4.98 Å². The number of aryl methyl sites for hydroxylation is 1. The van der Waals surface area contributed by atoms with Crippen molar-refractivity contribution >= 4 is 18.1 Å². The van der Waals surface area contributed by atoms with E-state index in [9.17, 15) is 4.79 Å². The lowest BCUT2D eigenvalue weighted by Crippen LogP contribution is -2.19. The van der Waals surface area contributed by atoms with Crippen LogP contribution >= 0.6 is 12.4 Å². The zero-order valence-corrected chi connectivity index (χ0v) is 8.96. The molecule has 1 aliphatic rings. The van der Waals surface area contributed by atoms with Gasteiger partial charge in [0.15, 0.2) is 0 Å². The van der Waals surface area contributed by atoms with E-state index in [1.165, 1.54) is 0 Å². The lowest BCUT2D eigenvalue weighted by atomic mass is 10.2. The molecule has 0 aliphatic heterocycles. The molecule has 2 aromatic rings. The summed E-state index contributed by atoms with van der Waals surface area (Å²) in [6, 6.07) is 5.64. The highest BCUT2D eigenvalue weighted by Crippen LogP contribution is 2.16. The Bertz CT molecular complexity index is 562. The van der Waals surface area contributed by atoms with Crippen LogP contribution in [0.25, 0.3) is 5.65 Å². The van der Waals surface area contributed by atoms with Crippen molar-refractivity contribution in [1.82, 2.24) is 9.38 Å². The predicted octanol–water partition coefficient (Wildman–Crippen LogP) is 1.60. The van der Waals surface area contributed by atoms with E-state index in [0.29, 0.717) is 0 Å². The average molecular weight is 223 g/mol. The summed E-state index contributed by atoms with van der Waals surface area (Å²) >= 11 is 0. The Hall–Kier alpha value is -1.35. The summed E-state index contributed by atoms with van der Waals surface area (Å²) in [4.78, 5) is 16.4. The highest BCUT2D eigenvalue weighted by Gasteiger charge is 2.17. The molecular formula is C11H11ClN2O. The third-order valence-electron chi connectivity index (χ3n) is 2.75. The summed E-state index contributed by atoms with van der Waals surface area (Å²) in [5.74, 6) is 0. The lowest BCUT2D eigenvalue weighted by molar-refractivity contribution is 0.899. The van der Waals surface area contributed by atoms with Crippen molar-refractivity contribution in [3.05, 3.63) is 46.0 Å². The fraction of sp³-hybridized carbons (Fsp3) is 0.273.